The third kappa shape index (κ3) is 0.473. The van der Waals surface area contributed by atoms with Crippen LogP contribution in [0.15, 0.2) is 12.2 Å². The molecule has 0 saturated heterocycles. The summed E-state index contributed by atoms with van der Waals surface area (Å²) in [4.78, 5) is 10.9. The Labute approximate surface area is 54.8 Å². The molecule has 0 N–H and O–H groups in total. The lowest BCUT2D eigenvalue weighted by Crippen LogP contribution is -2.42. The Bertz CT molecular complexity index is 193. The predicted molar refractivity (Wildman–Crippen MR) is 35.0 cm³/mol. The summed E-state index contributed by atoms with van der Waals surface area (Å²) in [7, 11) is 0. The van der Waals surface area contributed by atoms with E-state index >= 15 is 0 Å². The van der Waals surface area contributed by atoms with Crippen LogP contribution in [0.4, 0.5) is 0 Å². The normalized spacial score (nSPS) is 46.8. The second kappa shape index (κ2) is 1.28. The monoisotopic (exact) mass is 122 g/mol. The molecule has 0 aromatic rings. The molecule has 2 rings (SSSR count). The second-order valence-electron chi connectivity index (χ2n) is 3.34. The fourth-order valence-electron chi connectivity index (χ4n) is 1.91. The van der Waals surface area contributed by atoms with Crippen molar-refractivity contribution in [2.75, 3.05) is 0 Å². The van der Waals surface area contributed by atoms with Crippen LogP contribution in [0, 0.1) is 11.3 Å². The maximum Gasteiger partial charge on any atom is 0.138 e. The number of ketones is 1. The Balaban J connectivity index is 2.29. The Morgan fingerprint density at radius 3 is 3.00 bits per heavy atom. The molecule has 0 aromatic carbocycles. The average Bonchev–Trinajstić information content (AvgIpc) is 2.06. The number of Topliss-reactive ketones (excluding diaryl/α,β-unsaturated/α-hetero) is 1. The Kier molecular flexibility index (Phi) is 0.743. The first kappa shape index (κ1) is 5.21. The number of carbonyl (C=O) groups is 1. The van der Waals surface area contributed by atoms with E-state index in [0.717, 1.165) is 12.8 Å². The molecule has 0 aromatic heterocycles. The van der Waals surface area contributed by atoms with Crippen LogP contribution in [0.5, 0.6) is 0 Å². The molecule has 1 fully saturated rings. The van der Waals surface area contributed by atoms with Gasteiger partial charge in [0.2, 0.25) is 0 Å². The second-order valence-corrected chi connectivity index (χ2v) is 3.34. The molecular formula is C8H10O. The molecule has 2 aliphatic rings. The highest BCUT2D eigenvalue weighted by atomic mass is 16.1. The Morgan fingerprint density at radius 1 is 1.78 bits per heavy atom. The summed E-state index contributed by atoms with van der Waals surface area (Å²) in [6, 6.07) is 0. The molecule has 2 atom stereocenters. The van der Waals surface area contributed by atoms with Gasteiger partial charge in [-0.05, 0) is 6.42 Å². The first-order valence-electron chi connectivity index (χ1n) is 3.43. The molecule has 0 radical (unpaired) electrons. The molecule has 0 bridgehead atoms. The zero-order valence-corrected chi connectivity index (χ0v) is 5.55. The number of fused-ring (bicyclic) bond motifs is 1. The standard InChI is InChI=1S/C8H10O/c1-8-4-2-3-6(8)7(9)5-8/h2,4,6H,3,5H2,1H3. The third-order valence-electron chi connectivity index (χ3n) is 2.61. The van der Waals surface area contributed by atoms with Crippen molar-refractivity contribution in [1.82, 2.24) is 0 Å². The average molecular weight is 122 g/mol. The maximum absolute atomic E-state index is 10.9. The zero-order chi connectivity index (χ0) is 6.48. The third-order valence-corrected chi connectivity index (χ3v) is 2.61. The highest BCUT2D eigenvalue weighted by Crippen LogP contribution is 2.50. The van der Waals surface area contributed by atoms with Crippen LogP contribution in [-0.4, -0.2) is 5.78 Å². The molecular weight excluding hydrogens is 112 g/mol. The zero-order valence-electron chi connectivity index (χ0n) is 5.55. The summed E-state index contributed by atoms with van der Waals surface area (Å²) in [5, 5.41) is 0. The van der Waals surface area contributed by atoms with Gasteiger partial charge in [-0.3, -0.25) is 4.79 Å². The number of carbonyl (C=O) groups excluding carboxylic acids is 1. The van der Waals surface area contributed by atoms with Crippen molar-refractivity contribution < 1.29 is 4.79 Å². The van der Waals surface area contributed by atoms with Crippen molar-refractivity contribution in [3.63, 3.8) is 0 Å². The minimum atomic E-state index is 0.275. The maximum atomic E-state index is 10.9. The molecule has 2 aliphatic carbocycles. The van der Waals surface area contributed by atoms with E-state index in [1.54, 1.807) is 0 Å². The molecule has 0 spiro atoms. The SMILES string of the molecule is CC12C=CCC1C(=O)C2. The molecule has 0 heterocycles. The number of hydrogen-bond donors (Lipinski definition) is 0. The first-order chi connectivity index (χ1) is 4.22. The van der Waals surface area contributed by atoms with E-state index in [9.17, 15) is 4.79 Å². The summed E-state index contributed by atoms with van der Waals surface area (Å²) in [5.74, 6) is 0.819. The summed E-state index contributed by atoms with van der Waals surface area (Å²) < 4.78 is 0. The van der Waals surface area contributed by atoms with Crippen molar-refractivity contribution in [3.8, 4) is 0 Å². The van der Waals surface area contributed by atoms with Gasteiger partial charge >= 0.3 is 0 Å². The molecule has 1 saturated carbocycles. The van der Waals surface area contributed by atoms with Crippen LogP contribution in [0.25, 0.3) is 0 Å². The number of hydrogen-bond acceptors (Lipinski definition) is 1. The lowest BCUT2D eigenvalue weighted by molar-refractivity contribution is -0.136. The van der Waals surface area contributed by atoms with E-state index in [-0.39, 0.29) is 5.41 Å². The van der Waals surface area contributed by atoms with E-state index in [4.69, 9.17) is 0 Å². The summed E-state index contributed by atoms with van der Waals surface area (Å²) in [5.41, 5.74) is 0.275. The van der Waals surface area contributed by atoms with Gasteiger partial charge in [-0.1, -0.05) is 19.1 Å². The van der Waals surface area contributed by atoms with Gasteiger partial charge < -0.3 is 0 Å². The number of rotatable bonds is 0. The molecule has 48 valence electrons. The van der Waals surface area contributed by atoms with Crippen LogP contribution in [0.1, 0.15) is 19.8 Å². The van der Waals surface area contributed by atoms with E-state index in [1.807, 2.05) is 0 Å². The summed E-state index contributed by atoms with van der Waals surface area (Å²) in [6.07, 6.45) is 6.11. The van der Waals surface area contributed by atoms with Gasteiger partial charge in [0.25, 0.3) is 0 Å². The van der Waals surface area contributed by atoms with Crippen molar-refractivity contribution in [1.29, 1.82) is 0 Å². The summed E-state index contributed by atoms with van der Waals surface area (Å²) in [6.45, 7) is 2.17. The summed E-state index contributed by atoms with van der Waals surface area (Å²) >= 11 is 0. The minimum Gasteiger partial charge on any atom is -0.299 e. The van der Waals surface area contributed by atoms with Crippen LogP contribution in [-0.2, 0) is 4.79 Å². The topological polar surface area (TPSA) is 17.1 Å². The van der Waals surface area contributed by atoms with Crippen molar-refractivity contribution in [2.45, 2.75) is 19.8 Å². The fraction of sp³-hybridized carbons (Fsp3) is 0.625. The molecule has 0 amide bonds. The lowest BCUT2D eigenvalue weighted by Gasteiger charge is -2.39. The van der Waals surface area contributed by atoms with Gasteiger partial charge in [-0.15, -0.1) is 0 Å². The van der Waals surface area contributed by atoms with Crippen LogP contribution >= 0.6 is 0 Å². The molecule has 2 unspecified atom stereocenters. The molecule has 1 nitrogen and oxygen atoms in total. The van der Waals surface area contributed by atoms with Gasteiger partial charge in [0.15, 0.2) is 0 Å². The van der Waals surface area contributed by atoms with Gasteiger partial charge in [-0.25, -0.2) is 0 Å². The van der Waals surface area contributed by atoms with Gasteiger partial charge in [-0.2, -0.15) is 0 Å². The number of allylic oxidation sites excluding steroid dienone is 2. The lowest BCUT2D eigenvalue weighted by atomic mass is 9.62. The highest BCUT2D eigenvalue weighted by Gasteiger charge is 2.49. The van der Waals surface area contributed by atoms with E-state index in [0.29, 0.717) is 11.7 Å². The van der Waals surface area contributed by atoms with Crippen LogP contribution < -0.4 is 0 Å². The molecule has 0 aliphatic heterocycles. The quantitative estimate of drug-likeness (QED) is 0.445. The van der Waals surface area contributed by atoms with Crippen LogP contribution in [0.2, 0.25) is 0 Å². The molecule has 9 heavy (non-hydrogen) atoms. The van der Waals surface area contributed by atoms with Crippen molar-refractivity contribution in [2.24, 2.45) is 11.3 Å². The highest BCUT2D eigenvalue weighted by molar-refractivity contribution is 5.90. The molecule has 1 heteroatoms. The van der Waals surface area contributed by atoms with E-state index in [1.165, 1.54) is 0 Å². The van der Waals surface area contributed by atoms with Gasteiger partial charge in [0.05, 0.1) is 0 Å². The van der Waals surface area contributed by atoms with E-state index < -0.39 is 0 Å². The Morgan fingerprint density at radius 2 is 2.56 bits per heavy atom. The Hall–Kier alpha value is -0.590. The van der Waals surface area contributed by atoms with Crippen molar-refractivity contribution in [3.05, 3.63) is 12.2 Å². The van der Waals surface area contributed by atoms with Crippen molar-refractivity contribution >= 4 is 5.78 Å². The van der Waals surface area contributed by atoms with Gasteiger partial charge in [0.1, 0.15) is 5.78 Å². The van der Waals surface area contributed by atoms with Crippen LogP contribution in [0.3, 0.4) is 0 Å². The predicted octanol–water partition coefficient (Wildman–Crippen LogP) is 1.54. The first-order valence-corrected chi connectivity index (χ1v) is 3.43. The minimum absolute atomic E-state index is 0.275. The van der Waals surface area contributed by atoms with Gasteiger partial charge in [0, 0.05) is 17.8 Å². The largest absolute Gasteiger partial charge is 0.299 e. The van der Waals surface area contributed by atoms with E-state index in [2.05, 4.69) is 19.1 Å². The smallest absolute Gasteiger partial charge is 0.138 e. The fourth-order valence-corrected chi connectivity index (χ4v) is 1.91.